The second kappa shape index (κ2) is 9.05. The van der Waals surface area contributed by atoms with Crippen LogP contribution in [0, 0.1) is 13.8 Å². The van der Waals surface area contributed by atoms with Crippen LogP contribution in [0.1, 0.15) is 41.5 Å². The largest absolute Gasteiger partial charge is 0.359 e. The zero-order valence-electron chi connectivity index (χ0n) is 16.9. The molecule has 0 unspecified atom stereocenters. The minimum absolute atomic E-state index is 0.195. The number of nitrogens with one attached hydrogen (secondary N) is 2. The van der Waals surface area contributed by atoms with E-state index in [-0.39, 0.29) is 11.9 Å². The lowest BCUT2D eigenvalue weighted by molar-refractivity contribution is 0.102. The smallest absolute Gasteiger partial charge is 0.258 e. The first-order valence-electron chi connectivity index (χ1n) is 9.47. The van der Waals surface area contributed by atoms with E-state index in [4.69, 9.17) is 0 Å². The number of amides is 1. The molecule has 0 atom stereocenters. The first-order valence-corrected chi connectivity index (χ1v) is 9.47. The quantitative estimate of drug-likeness (QED) is 0.618. The Morgan fingerprint density at radius 2 is 1.90 bits per heavy atom. The lowest BCUT2D eigenvalue weighted by Gasteiger charge is -2.12. The Morgan fingerprint density at radius 1 is 1.07 bits per heavy atom. The Balaban J connectivity index is 1.78. The zero-order chi connectivity index (χ0) is 20.8. The average Bonchev–Trinajstić information content (AvgIpc) is 2.68. The monoisotopic (exact) mass is 388 g/mol. The molecule has 148 valence electrons. The molecular formula is C22H24N6O. The van der Waals surface area contributed by atoms with Crippen molar-refractivity contribution in [2.45, 2.75) is 33.6 Å². The van der Waals surface area contributed by atoms with E-state index in [1.165, 1.54) is 0 Å². The van der Waals surface area contributed by atoms with Gasteiger partial charge in [0.1, 0.15) is 11.5 Å². The molecule has 7 heteroatoms. The number of carbonyl (C=O) groups excluding carboxylic acids is 1. The summed E-state index contributed by atoms with van der Waals surface area (Å²) in [6.07, 6.45) is 3.59. The lowest BCUT2D eigenvalue weighted by Crippen LogP contribution is -2.17. The molecule has 2 N–H and O–H groups in total. The topological polar surface area (TPSA) is 92.7 Å². The van der Waals surface area contributed by atoms with Gasteiger partial charge >= 0.3 is 0 Å². The Bertz CT molecular complexity index is 1030. The molecule has 0 radical (unpaired) electrons. The van der Waals surface area contributed by atoms with Gasteiger partial charge < -0.3 is 5.32 Å². The van der Waals surface area contributed by atoms with E-state index in [0.29, 0.717) is 22.9 Å². The summed E-state index contributed by atoms with van der Waals surface area (Å²) < 4.78 is 0. The number of allylic oxidation sites excluding steroid dienone is 1. The molecule has 0 saturated carbocycles. The highest BCUT2D eigenvalue weighted by Gasteiger charge is 2.14. The summed E-state index contributed by atoms with van der Waals surface area (Å²) in [6.45, 7) is 9.75. The second-order valence-electron chi connectivity index (χ2n) is 6.71. The number of aryl methyl sites for hydroxylation is 2. The third kappa shape index (κ3) is 5.22. The van der Waals surface area contributed by atoms with Crippen LogP contribution in [0.25, 0.3) is 11.5 Å². The number of benzene rings is 1. The Morgan fingerprint density at radius 3 is 2.59 bits per heavy atom. The standard InChI is InChI=1S/C22H24N6O/c1-5-8-15(3)24-17-10-11-18(14(2)13-17)21(29)28-22-26-16(4)25-20(27-22)19-9-6-7-12-23-19/h6-7,9-13,24H,3,5,8H2,1-2,4H3,(H,25,26,27,28,29). The van der Waals surface area contributed by atoms with E-state index in [2.05, 4.69) is 44.1 Å². The molecular weight excluding hydrogens is 364 g/mol. The van der Waals surface area contributed by atoms with Crippen LogP contribution < -0.4 is 10.6 Å². The van der Waals surface area contributed by atoms with E-state index in [1.807, 2.05) is 37.3 Å². The molecule has 0 fully saturated rings. The molecule has 0 saturated heterocycles. The van der Waals surface area contributed by atoms with E-state index in [0.717, 1.165) is 29.8 Å². The molecule has 0 aliphatic carbocycles. The predicted molar refractivity (Wildman–Crippen MR) is 115 cm³/mol. The maximum absolute atomic E-state index is 12.8. The van der Waals surface area contributed by atoms with Crippen molar-refractivity contribution in [3.8, 4) is 11.5 Å². The second-order valence-corrected chi connectivity index (χ2v) is 6.71. The van der Waals surface area contributed by atoms with E-state index in [9.17, 15) is 4.79 Å². The summed E-state index contributed by atoms with van der Waals surface area (Å²) in [5.74, 6) is 0.834. The van der Waals surface area contributed by atoms with Crippen molar-refractivity contribution in [3.63, 3.8) is 0 Å². The number of pyridine rings is 1. The number of carbonyl (C=O) groups is 1. The third-order valence-electron chi connectivity index (χ3n) is 4.21. The molecule has 2 heterocycles. The van der Waals surface area contributed by atoms with Gasteiger partial charge in [-0.25, -0.2) is 4.98 Å². The van der Waals surface area contributed by atoms with Gasteiger partial charge in [0.15, 0.2) is 5.82 Å². The van der Waals surface area contributed by atoms with Gasteiger partial charge in [0.25, 0.3) is 5.91 Å². The normalized spacial score (nSPS) is 10.4. The van der Waals surface area contributed by atoms with Crippen LogP contribution in [0.15, 0.2) is 54.9 Å². The molecule has 0 bridgehead atoms. The maximum atomic E-state index is 12.8. The SMILES string of the molecule is C=C(CCC)Nc1ccc(C(=O)Nc2nc(C)nc(-c3ccccn3)n2)c(C)c1. The van der Waals surface area contributed by atoms with Gasteiger partial charge in [0, 0.05) is 23.1 Å². The summed E-state index contributed by atoms with van der Waals surface area (Å²) in [5.41, 5.74) is 3.87. The van der Waals surface area contributed by atoms with Crippen molar-refractivity contribution < 1.29 is 4.79 Å². The third-order valence-corrected chi connectivity index (χ3v) is 4.21. The van der Waals surface area contributed by atoms with Crippen LogP contribution in [0.2, 0.25) is 0 Å². The Kier molecular flexibility index (Phi) is 6.29. The van der Waals surface area contributed by atoms with Gasteiger partial charge in [-0.3, -0.25) is 15.1 Å². The summed E-state index contributed by atoms with van der Waals surface area (Å²) in [6, 6.07) is 11.0. The fourth-order valence-electron chi connectivity index (χ4n) is 2.88. The molecule has 1 amide bonds. The fourth-order valence-corrected chi connectivity index (χ4v) is 2.88. The highest BCUT2D eigenvalue weighted by molar-refractivity contribution is 6.04. The number of rotatable bonds is 7. The number of anilines is 2. The average molecular weight is 388 g/mol. The first-order chi connectivity index (χ1) is 14.0. The molecule has 0 aliphatic rings. The zero-order valence-corrected chi connectivity index (χ0v) is 16.9. The van der Waals surface area contributed by atoms with Crippen molar-refractivity contribution >= 4 is 17.5 Å². The van der Waals surface area contributed by atoms with Crippen molar-refractivity contribution in [3.05, 3.63) is 71.8 Å². The van der Waals surface area contributed by atoms with E-state index in [1.54, 1.807) is 19.2 Å². The van der Waals surface area contributed by atoms with E-state index >= 15 is 0 Å². The van der Waals surface area contributed by atoms with Crippen LogP contribution in [0.4, 0.5) is 11.6 Å². The summed E-state index contributed by atoms with van der Waals surface area (Å²) in [7, 11) is 0. The van der Waals surface area contributed by atoms with Crippen LogP contribution in [0.5, 0.6) is 0 Å². The molecule has 29 heavy (non-hydrogen) atoms. The van der Waals surface area contributed by atoms with E-state index < -0.39 is 0 Å². The van der Waals surface area contributed by atoms with Crippen LogP contribution >= 0.6 is 0 Å². The minimum atomic E-state index is -0.279. The van der Waals surface area contributed by atoms with Crippen LogP contribution in [0.3, 0.4) is 0 Å². The molecule has 3 aromatic rings. The molecule has 2 aromatic heterocycles. The van der Waals surface area contributed by atoms with Gasteiger partial charge in [-0.15, -0.1) is 0 Å². The Labute approximate surface area is 170 Å². The minimum Gasteiger partial charge on any atom is -0.359 e. The van der Waals surface area contributed by atoms with Crippen molar-refractivity contribution in [2.75, 3.05) is 10.6 Å². The maximum Gasteiger partial charge on any atom is 0.258 e. The van der Waals surface area contributed by atoms with Crippen molar-refractivity contribution in [2.24, 2.45) is 0 Å². The van der Waals surface area contributed by atoms with Crippen LogP contribution in [-0.2, 0) is 0 Å². The first kappa shape index (κ1) is 20.1. The number of hydrogen-bond acceptors (Lipinski definition) is 6. The van der Waals surface area contributed by atoms with Gasteiger partial charge in [0.2, 0.25) is 5.95 Å². The molecule has 0 aliphatic heterocycles. The summed E-state index contributed by atoms with van der Waals surface area (Å²) in [5, 5.41) is 6.03. The van der Waals surface area contributed by atoms with Gasteiger partial charge in [0.05, 0.1) is 0 Å². The lowest BCUT2D eigenvalue weighted by atomic mass is 10.1. The summed E-state index contributed by atoms with van der Waals surface area (Å²) >= 11 is 0. The van der Waals surface area contributed by atoms with Crippen molar-refractivity contribution in [1.82, 2.24) is 19.9 Å². The molecule has 0 spiro atoms. The number of nitrogens with zero attached hydrogens (tertiary/aromatic N) is 4. The van der Waals surface area contributed by atoms with Gasteiger partial charge in [-0.05, 0) is 56.2 Å². The van der Waals surface area contributed by atoms with Gasteiger partial charge in [-0.1, -0.05) is 26.0 Å². The fraction of sp³-hybridized carbons (Fsp3) is 0.227. The predicted octanol–water partition coefficient (Wildman–Crippen LogP) is 4.53. The van der Waals surface area contributed by atoms with Gasteiger partial charge in [-0.2, -0.15) is 9.97 Å². The highest BCUT2D eigenvalue weighted by atomic mass is 16.1. The Hall–Kier alpha value is -3.61. The van der Waals surface area contributed by atoms with Crippen molar-refractivity contribution in [1.29, 1.82) is 0 Å². The number of aromatic nitrogens is 4. The number of hydrogen-bond donors (Lipinski definition) is 2. The van der Waals surface area contributed by atoms with Crippen LogP contribution in [-0.4, -0.2) is 25.8 Å². The molecule has 1 aromatic carbocycles. The summed E-state index contributed by atoms with van der Waals surface area (Å²) in [4.78, 5) is 29.9. The highest BCUT2D eigenvalue weighted by Crippen LogP contribution is 2.19. The molecule has 7 nitrogen and oxygen atoms in total. The molecule has 3 rings (SSSR count).